The van der Waals surface area contributed by atoms with Gasteiger partial charge < -0.3 is 5.32 Å². The lowest BCUT2D eigenvalue weighted by Crippen LogP contribution is -2.42. The molecule has 1 N–H and O–H groups in total. The molecule has 0 aromatic carbocycles. The molecule has 1 amide bonds. The SMILES string of the molecule is CNC(=O)C1(C(C)=O)CCCC1. The minimum absolute atomic E-state index is 0.0133. The minimum atomic E-state index is -0.686. The van der Waals surface area contributed by atoms with Crippen LogP contribution in [0.4, 0.5) is 0 Å². The van der Waals surface area contributed by atoms with E-state index in [0.29, 0.717) is 0 Å². The number of hydrogen-bond donors (Lipinski definition) is 1. The number of Topliss-reactive ketones (excluding diaryl/α,β-unsaturated/α-hetero) is 1. The van der Waals surface area contributed by atoms with Crippen molar-refractivity contribution >= 4 is 11.7 Å². The summed E-state index contributed by atoms with van der Waals surface area (Å²) in [5.41, 5.74) is -0.686. The lowest BCUT2D eigenvalue weighted by molar-refractivity contribution is -0.140. The summed E-state index contributed by atoms with van der Waals surface area (Å²) in [6.07, 6.45) is 3.43. The number of ketones is 1. The first kappa shape index (κ1) is 9.23. The molecule has 1 aliphatic rings. The molecule has 3 nitrogen and oxygen atoms in total. The van der Waals surface area contributed by atoms with E-state index in [1.807, 2.05) is 0 Å². The molecule has 1 saturated carbocycles. The summed E-state index contributed by atoms with van der Waals surface area (Å²) in [6.45, 7) is 1.51. The third kappa shape index (κ3) is 1.24. The van der Waals surface area contributed by atoms with Crippen molar-refractivity contribution in [3.05, 3.63) is 0 Å². The third-order valence-electron chi connectivity index (χ3n) is 2.79. The van der Waals surface area contributed by atoms with Crippen molar-refractivity contribution in [3.63, 3.8) is 0 Å². The van der Waals surface area contributed by atoms with Gasteiger partial charge in [0.15, 0.2) is 0 Å². The van der Waals surface area contributed by atoms with Crippen LogP contribution in [0.3, 0.4) is 0 Å². The Morgan fingerprint density at radius 3 is 2.08 bits per heavy atom. The topological polar surface area (TPSA) is 46.2 Å². The highest BCUT2D eigenvalue weighted by Gasteiger charge is 2.44. The molecule has 0 aromatic rings. The van der Waals surface area contributed by atoms with Crippen molar-refractivity contribution in [1.29, 1.82) is 0 Å². The first-order valence-corrected chi connectivity index (χ1v) is 4.37. The number of carbonyl (C=O) groups excluding carboxylic acids is 2. The van der Waals surface area contributed by atoms with Crippen LogP contribution in [-0.4, -0.2) is 18.7 Å². The van der Waals surface area contributed by atoms with Gasteiger partial charge in [-0.25, -0.2) is 0 Å². The van der Waals surface area contributed by atoms with E-state index in [9.17, 15) is 9.59 Å². The molecular formula is C9H15NO2. The van der Waals surface area contributed by atoms with Crippen LogP contribution in [0.25, 0.3) is 0 Å². The summed E-state index contributed by atoms with van der Waals surface area (Å²) in [5.74, 6) is -0.0909. The summed E-state index contributed by atoms with van der Waals surface area (Å²) < 4.78 is 0. The Balaban J connectivity index is 2.86. The van der Waals surface area contributed by atoms with E-state index in [1.165, 1.54) is 6.92 Å². The van der Waals surface area contributed by atoms with Gasteiger partial charge in [-0.3, -0.25) is 9.59 Å². The predicted octanol–water partition coefficient (Wildman–Crippen LogP) is 0.882. The molecule has 1 aliphatic carbocycles. The maximum atomic E-state index is 11.4. The molecule has 0 unspecified atom stereocenters. The van der Waals surface area contributed by atoms with E-state index in [2.05, 4.69) is 5.32 Å². The molecule has 0 radical (unpaired) electrons. The van der Waals surface area contributed by atoms with Crippen LogP contribution in [0.15, 0.2) is 0 Å². The van der Waals surface area contributed by atoms with Crippen LogP contribution in [0, 0.1) is 5.41 Å². The van der Waals surface area contributed by atoms with Crippen molar-refractivity contribution < 1.29 is 9.59 Å². The van der Waals surface area contributed by atoms with Gasteiger partial charge in [0.25, 0.3) is 0 Å². The second-order valence-electron chi connectivity index (χ2n) is 3.42. The second kappa shape index (κ2) is 3.25. The summed E-state index contributed by atoms with van der Waals surface area (Å²) in [7, 11) is 1.59. The first-order valence-electron chi connectivity index (χ1n) is 4.37. The Morgan fingerprint density at radius 2 is 1.75 bits per heavy atom. The summed E-state index contributed by atoms with van der Waals surface area (Å²) in [4.78, 5) is 22.8. The molecule has 3 heteroatoms. The predicted molar refractivity (Wildman–Crippen MR) is 45.6 cm³/mol. The van der Waals surface area contributed by atoms with Gasteiger partial charge in [-0.2, -0.15) is 0 Å². The quantitative estimate of drug-likeness (QED) is 0.624. The van der Waals surface area contributed by atoms with Crippen molar-refractivity contribution in [3.8, 4) is 0 Å². The molecule has 0 spiro atoms. The van der Waals surface area contributed by atoms with Crippen molar-refractivity contribution in [2.75, 3.05) is 7.05 Å². The second-order valence-corrected chi connectivity index (χ2v) is 3.42. The molecule has 0 heterocycles. The Bertz CT molecular complexity index is 205. The molecule has 1 fully saturated rings. The highest BCUT2D eigenvalue weighted by Crippen LogP contribution is 2.38. The normalized spacial score (nSPS) is 20.5. The fourth-order valence-electron chi connectivity index (χ4n) is 1.96. The Morgan fingerprint density at radius 1 is 1.25 bits per heavy atom. The number of amides is 1. The van der Waals surface area contributed by atoms with Crippen LogP contribution >= 0.6 is 0 Å². The molecule has 0 aromatic heterocycles. The lowest BCUT2D eigenvalue weighted by atomic mass is 9.81. The largest absolute Gasteiger partial charge is 0.358 e. The number of rotatable bonds is 2. The molecule has 12 heavy (non-hydrogen) atoms. The number of nitrogens with one attached hydrogen (secondary N) is 1. The zero-order chi connectivity index (χ0) is 9.19. The van der Waals surface area contributed by atoms with Gasteiger partial charge in [0.2, 0.25) is 5.91 Å². The van der Waals surface area contributed by atoms with Gasteiger partial charge in [-0.1, -0.05) is 12.8 Å². The molecular weight excluding hydrogens is 154 g/mol. The maximum Gasteiger partial charge on any atom is 0.233 e. The van der Waals surface area contributed by atoms with Gasteiger partial charge in [0.05, 0.1) is 0 Å². The lowest BCUT2D eigenvalue weighted by Gasteiger charge is -2.22. The highest BCUT2D eigenvalue weighted by atomic mass is 16.2. The fraction of sp³-hybridized carbons (Fsp3) is 0.778. The molecule has 0 aliphatic heterocycles. The van der Waals surface area contributed by atoms with Gasteiger partial charge in [0, 0.05) is 7.05 Å². The maximum absolute atomic E-state index is 11.4. The van der Waals surface area contributed by atoms with Gasteiger partial charge in [-0.05, 0) is 19.8 Å². The van der Waals surface area contributed by atoms with E-state index >= 15 is 0 Å². The number of hydrogen-bond acceptors (Lipinski definition) is 2. The van der Waals surface area contributed by atoms with Gasteiger partial charge in [-0.15, -0.1) is 0 Å². The Kier molecular flexibility index (Phi) is 2.50. The zero-order valence-corrected chi connectivity index (χ0v) is 7.64. The third-order valence-corrected chi connectivity index (χ3v) is 2.79. The van der Waals surface area contributed by atoms with Crippen LogP contribution in [0.5, 0.6) is 0 Å². The van der Waals surface area contributed by atoms with E-state index in [4.69, 9.17) is 0 Å². The molecule has 0 atom stereocenters. The summed E-state index contributed by atoms with van der Waals surface area (Å²) in [6, 6.07) is 0. The smallest absolute Gasteiger partial charge is 0.233 e. The molecule has 68 valence electrons. The minimum Gasteiger partial charge on any atom is -0.358 e. The summed E-state index contributed by atoms with van der Waals surface area (Å²) >= 11 is 0. The van der Waals surface area contributed by atoms with Crippen molar-refractivity contribution in [2.45, 2.75) is 32.6 Å². The molecule has 0 saturated heterocycles. The first-order chi connectivity index (χ1) is 5.63. The average molecular weight is 169 g/mol. The molecule has 0 bridgehead atoms. The highest BCUT2D eigenvalue weighted by molar-refractivity contribution is 6.05. The van der Waals surface area contributed by atoms with Gasteiger partial charge in [0.1, 0.15) is 11.2 Å². The standard InChI is InChI=1S/C9H15NO2/c1-7(11)9(8(12)10-2)5-3-4-6-9/h3-6H2,1-2H3,(H,10,12). The Hall–Kier alpha value is -0.860. The fourth-order valence-corrected chi connectivity index (χ4v) is 1.96. The van der Waals surface area contributed by atoms with Crippen molar-refractivity contribution in [1.82, 2.24) is 5.32 Å². The summed E-state index contributed by atoms with van der Waals surface area (Å²) in [5, 5.41) is 2.57. The molecule has 1 rings (SSSR count). The van der Waals surface area contributed by atoms with Crippen LogP contribution < -0.4 is 5.32 Å². The van der Waals surface area contributed by atoms with Crippen LogP contribution in [0.1, 0.15) is 32.6 Å². The van der Waals surface area contributed by atoms with E-state index in [0.717, 1.165) is 25.7 Å². The van der Waals surface area contributed by atoms with E-state index in [1.54, 1.807) is 7.05 Å². The van der Waals surface area contributed by atoms with Gasteiger partial charge >= 0.3 is 0 Å². The van der Waals surface area contributed by atoms with Crippen molar-refractivity contribution in [2.24, 2.45) is 5.41 Å². The monoisotopic (exact) mass is 169 g/mol. The zero-order valence-electron chi connectivity index (χ0n) is 7.64. The Labute approximate surface area is 72.5 Å². The van der Waals surface area contributed by atoms with Crippen LogP contribution in [0.2, 0.25) is 0 Å². The average Bonchev–Trinajstić information content (AvgIpc) is 2.52. The van der Waals surface area contributed by atoms with E-state index in [-0.39, 0.29) is 11.7 Å². The number of carbonyl (C=O) groups is 2. The van der Waals surface area contributed by atoms with E-state index < -0.39 is 5.41 Å². The van der Waals surface area contributed by atoms with Crippen LogP contribution in [-0.2, 0) is 9.59 Å².